The average Bonchev–Trinajstić information content (AvgIpc) is 2.90. The first-order valence-corrected chi connectivity index (χ1v) is 13.4. The molecule has 1 heterocycles. The van der Waals surface area contributed by atoms with Gasteiger partial charge >= 0.3 is 0 Å². The van der Waals surface area contributed by atoms with Crippen LogP contribution in [0.1, 0.15) is 74.6 Å². The number of hydrogen-bond donors (Lipinski definition) is 2. The smallest absolute Gasteiger partial charge is 0.127 e. The van der Waals surface area contributed by atoms with Gasteiger partial charge < -0.3 is 16.4 Å². The number of nitrogens with zero attached hydrogens (tertiary/aromatic N) is 2. The van der Waals surface area contributed by atoms with Crippen molar-refractivity contribution in [2.45, 2.75) is 71.3 Å². The first kappa shape index (κ1) is 27.8. The van der Waals surface area contributed by atoms with Gasteiger partial charge in [0.25, 0.3) is 0 Å². The molecule has 3 rings (SSSR count). The van der Waals surface area contributed by atoms with E-state index in [0.717, 1.165) is 86.3 Å². The van der Waals surface area contributed by atoms with Crippen molar-refractivity contribution in [2.75, 3.05) is 19.6 Å². The van der Waals surface area contributed by atoms with Crippen molar-refractivity contribution in [1.29, 1.82) is 0 Å². The van der Waals surface area contributed by atoms with Crippen molar-refractivity contribution in [3.63, 3.8) is 0 Å². The third-order valence-corrected chi connectivity index (χ3v) is 7.09. The number of nitrogens with two attached hydrogens (primary N) is 2. The minimum atomic E-state index is -0.226. The van der Waals surface area contributed by atoms with E-state index in [1.807, 2.05) is 18.2 Å². The Labute approximate surface area is 217 Å². The first-order chi connectivity index (χ1) is 17.5. The minimum Gasteiger partial charge on any atom is -0.360 e. The lowest BCUT2D eigenvalue weighted by atomic mass is 9.98. The summed E-state index contributed by atoms with van der Waals surface area (Å²) in [5.74, 6) is 0.841. The molecular weight excluding hydrogens is 447 g/mol. The highest BCUT2D eigenvalue weighted by Crippen LogP contribution is 2.30. The highest BCUT2D eigenvalue weighted by molar-refractivity contribution is 5.96. The summed E-state index contributed by atoms with van der Waals surface area (Å²) in [6.45, 7) is 10.3. The summed E-state index contributed by atoms with van der Waals surface area (Å²) in [6, 6.07) is 14.3. The molecule has 4 N–H and O–H groups in total. The molecule has 0 amide bonds. The number of allylic oxidation sites excluding steroid dienone is 2. The molecule has 194 valence electrons. The number of benzene rings is 2. The number of halogens is 1. The molecule has 2 aromatic rings. The highest BCUT2D eigenvalue weighted by atomic mass is 19.1. The summed E-state index contributed by atoms with van der Waals surface area (Å²) < 4.78 is 15.0. The maximum atomic E-state index is 15.0. The van der Waals surface area contributed by atoms with Crippen molar-refractivity contribution in [2.24, 2.45) is 16.5 Å². The number of likely N-dealkylation sites (tertiary alicyclic amines) is 1. The summed E-state index contributed by atoms with van der Waals surface area (Å²) >= 11 is 0. The van der Waals surface area contributed by atoms with E-state index in [4.69, 9.17) is 16.5 Å². The van der Waals surface area contributed by atoms with E-state index in [-0.39, 0.29) is 11.9 Å². The Bertz CT molecular complexity index is 1050. The molecule has 1 aliphatic heterocycles. The fraction of sp³-hybridized carbons (Fsp3) is 0.452. The van der Waals surface area contributed by atoms with Gasteiger partial charge in [-0.25, -0.2) is 9.38 Å². The monoisotopic (exact) mass is 490 g/mol. The molecule has 0 atom stereocenters. The highest BCUT2D eigenvalue weighted by Gasteiger charge is 2.20. The Morgan fingerprint density at radius 1 is 1.11 bits per heavy atom. The summed E-state index contributed by atoms with van der Waals surface area (Å²) in [5, 5.41) is 0. The molecule has 1 fully saturated rings. The predicted octanol–water partition coefficient (Wildman–Crippen LogP) is 6.35. The number of unbranched alkanes of at least 4 members (excludes halogenated alkanes) is 2. The van der Waals surface area contributed by atoms with Gasteiger partial charge in [-0.2, -0.15) is 0 Å². The van der Waals surface area contributed by atoms with Gasteiger partial charge in [0.2, 0.25) is 0 Å². The Morgan fingerprint density at radius 3 is 2.42 bits per heavy atom. The summed E-state index contributed by atoms with van der Waals surface area (Å²) in [7, 11) is 0. The van der Waals surface area contributed by atoms with E-state index in [2.05, 4.69) is 49.6 Å². The quantitative estimate of drug-likeness (QED) is 0.127. The number of piperidine rings is 1. The standard InChI is InChI=1S/C31H43FN4/c1-4-6-7-8-9-30(36-20-17-28(34)18-21-36)35-31(23(3)25-12-10-24(5-2)11-13-25)27-15-14-26(16-19-33)29(32)22-27/h4,10-15,22,28H,1,5-9,16-21,33-34H2,2-3H3/b31-23+,35-30?. The average molecular weight is 491 g/mol. The van der Waals surface area contributed by atoms with Crippen LogP contribution in [0.5, 0.6) is 0 Å². The van der Waals surface area contributed by atoms with Crippen LogP contribution in [0.15, 0.2) is 60.1 Å². The molecule has 0 bridgehead atoms. The number of rotatable bonds is 11. The third-order valence-electron chi connectivity index (χ3n) is 7.09. The molecule has 0 unspecified atom stereocenters. The molecule has 0 radical (unpaired) electrons. The lowest BCUT2D eigenvalue weighted by Gasteiger charge is -2.33. The number of hydrogen-bond acceptors (Lipinski definition) is 3. The summed E-state index contributed by atoms with van der Waals surface area (Å²) in [6.07, 6.45) is 9.40. The second-order valence-electron chi connectivity index (χ2n) is 9.76. The van der Waals surface area contributed by atoms with E-state index in [1.54, 1.807) is 6.07 Å². The molecule has 0 saturated carbocycles. The van der Waals surface area contributed by atoms with Crippen LogP contribution in [0.25, 0.3) is 11.3 Å². The summed E-state index contributed by atoms with van der Waals surface area (Å²) in [4.78, 5) is 7.67. The number of aryl methyl sites for hydroxylation is 1. The normalized spacial score (nSPS) is 15.7. The Morgan fingerprint density at radius 2 is 1.81 bits per heavy atom. The van der Waals surface area contributed by atoms with Gasteiger partial charge in [-0.3, -0.25) is 0 Å². The Hall–Kier alpha value is -2.76. The van der Waals surface area contributed by atoms with Gasteiger partial charge in [0.05, 0.1) is 5.70 Å². The molecule has 0 aromatic heterocycles. The Balaban J connectivity index is 2.08. The molecule has 0 spiro atoms. The van der Waals surface area contributed by atoms with E-state index in [1.165, 1.54) is 5.56 Å². The van der Waals surface area contributed by atoms with Gasteiger partial charge in [0.1, 0.15) is 11.7 Å². The van der Waals surface area contributed by atoms with Gasteiger partial charge in [0.15, 0.2) is 0 Å². The molecular formula is C31H43FN4. The zero-order valence-corrected chi connectivity index (χ0v) is 22.1. The van der Waals surface area contributed by atoms with Gasteiger partial charge in [-0.05, 0) is 86.7 Å². The second kappa shape index (κ2) is 14.1. The zero-order chi connectivity index (χ0) is 25.9. The molecule has 1 saturated heterocycles. The fourth-order valence-corrected chi connectivity index (χ4v) is 4.69. The van der Waals surface area contributed by atoms with Crippen LogP contribution in [0.4, 0.5) is 4.39 Å². The van der Waals surface area contributed by atoms with Crippen molar-refractivity contribution < 1.29 is 4.39 Å². The van der Waals surface area contributed by atoms with Crippen LogP contribution in [-0.2, 0) is 12.8 Å². The minimum absolute atomic E-state index is 0.226. The molecule has 36 heavy (non-hydrogen) atoms. The fourth-order valence-electron chi connectivity index (χ4n) is 4.69. The van der Waals surface area contributed by atoms with Gasteiger partial charge in [0, 0.05) is 31.1 Å². The summed E-state index contributed by atoms with van der Waals surface area (Å²) in [5.41, 5.74) is 17.6. The van der Waals surface area contributed by atoms with Crippen molar-refractivity contribution in [3.8, 4) is 0 Å². The molecule has 1 aliphatic rings. The van der Waals surface area contributed by atoms with Crippen LogP contribution < -0.4 is 11.5 Å². The Kier molecular flexibility index (Phi) is 10.9. The van der Waals surface area contributed by atoms with Crippen molar-refractivity contribution in [1.82, 2.24) is 4.90 Å². The predicted molar refractivity (Wildman–Crippen MR) is 152 cm³/mol. The molecule has 2 aromatic carbocycles. The molecule has 5 heteroatoms. The third kappa shape index (κ3) is 7.62. The molecule has 4 nitrogen and oxygen atoms in total. The van der Waals surface area contributed by atoms with E-state index in [0.29, 0.717) is 18.5 Å². The van der Waals surface area contributed by atoms with Crippen LogP contribution in [0, 0.1) is 5.82 Å². The van der Waals surface area contributed by atoms with Crippen LogP contribution >= 0.6 is 0 Å². The van der Waals surface area contributed by atoms with Crippen LogP contribution in [0.3, 0.4) is 0 Å². The lowest BCUT2D eigenvalue weighted by molar-refractivity contribution is 0.308. The van der Waals surface area contributed by atoms with Crippen molar-refractivity contribution in [3.05, 3.63) is 83.2 Å². The topological polar surface area (TPSA) is 67.6 Å². The van der Waals surface area contributed by atoms with Crippen LogP contribution in [-0.4, -0.2) is 36.4 Å². The van der Waals surface area contributed by atoms with E-state index in [9.17, 15) is 0 Å². The second-order valence-corrected chi connectivity index (χ2v) is 9.76. The SMILES string of the molecule is C=CCCCCC(=N/C(=C(\C)c1ccc(CC)cc1)c1ccc(CCN)c(F)c1)N1CCC(N)CC1. The largest absolute Gasteiger partial charge is 0.360 e. The van der Waals surface area contributed by atoms with Crippen LogP contribution in [0.2, 0.25) is 0 Å². The maximum absolute atomic E-state index is 15.0. The zero-order valence-electron chi connectivity index (χ0n) is 22.1. The van der Waals surface area contributed by atoms with Gasteiger partial charge in [-0.1, -0.05) is 49.4 Å². The van der Waals surface area contributed by atoms with Gasteiger partial charge in [-0.15, -0.1) is 6.58 Å². The maximum Gasteiger partial charge on any atom is 0.127 e. The van der Waals surface area contributed by atoms with Crippen molar-refractivity contribution >= 4 is 17.1 Å². The van der Waals surface area contributed by atoms with E-state index < -0.39 is 0 Å². The van der Waals surface area contributed by atoms with E-state index >= 15 is 4.39 Å². The lowest BCUT2D eigenvalue weighted by Crippen LogP contribution is -2.42. The first-order valence-electron chi connectivity index (χ1n) is 13.4. The number of amidine groups is 1. The number of aliphatic imine (C=N–C) groups is 1. The molecule has 0 aliphatic carbocycles.